The monoisotopic (exact) mass is 611 g/mol. The van der Waals surface area contributed by atoms with Crippen molar-refractivity contribution in [1.82, 2.24) is 24.2 Å². The fraction of sp³-hybridized carbons (Fsp3) is 0.414. The lowest BCUT2D eigenvalue weighted by Crippen LogP contribution is -2.50. The van der Waals surface area contributed by atoms with Crippen molar-refractivity contribution in [2.45, 2.75) is 19.8 Å². The predicted molar refractivity (Wildman–Crippen MR) is 164 cm³/mol. The number of hydrogen-bond acceptors (Lipinski definition) is 8. The number of rotatable bonds is 8. The SMILES string of the molecule is CCc1nc2ccc(N3CCN(C(=O)C4CCN(CS(=O)O)C4)CC3)cn2c1N(C)c1nc(-c2ccc(F)cc2)cs1. The van der Waals surface area contributed by atoms with Crippen LogP contribution in [0.15, 0.2) is 48.0 Å². The maximum atomic E-state index is 13.4. The molecular formula is C29H34FN7O3S2. The Morgan fingerprint density at radius 2 is 1.88 bits per heavy atom. The maximum absolute atomic E-state index is 13.4. The van der Waals surface area contributed by atoms with Crippen molar-refractivity contribution in [1.29, 1.82) is 0 Å². The molecule has 10 nitrogen and oxygen atoms in total. The van der Waals surface area contributed by atoms with Gasteiger partial charge in [0, 0.05) is 56.9 Å². The van der Waals surface area contributed by atoms with Crippen molar-refractivity contribution >= 4 is 50.6 Å². The van der Waals surface area contributed by atoms with Gasteiger partial charge in [0.2, 0.25) is 5.91 Å². The summed E-state index contributed by atoms with van der Waals surface area (Å²) in [6.45, 7) is 6.05. The number of pyridine rings is 1. The fourth-order valence-corrected chi connectivity index (χ4v) is 7.21. The number of nitrogens with zero attached hydrogens (tertiary/aromatic N) is 7. The number of thiazole rings is 1. The largest absolute Gasteiger partial charge is 0.367 e. The summed E-state index contributed by atoms with van der Waals surface area (Å²) in [6, 6.07) is 10.5. The number of imidazole rings is 1. The van der Waals surface area contributed by atoms with Gasteiger partial charge < -0.3 is 19.3 Å². The van der Waals surface area contributed by atoms with Crippen LogP contribution in [0.25, 0.3) is 16.9 Å². The van der Waals surface area contributed by atoms with E-state index in [-0.39, 0.29) is 23.5 Å². The molecule has 2 aliphatic heterocycles. The highest BCUT2D eigenvalue weighted by molar-refractivity contribution is 7.79. The average molecular weight is 612 g/mol. The summed E-state index contributed by atoms with van der Waals surface area (Å²) in [4.78, 5) is 31.1. The molecule has 2 aliphatic rings. The lowest BCUT2D eigenvalue weighted by molar-refractivity contribution is -0.135. The zero-order chi connectivity index (χ0) is 29.4. The minimum absolute atomic E-state index is 0.100. The number of halogens is 1. The molecule has 5 heterocycles. The Morgan fingerprint density at radius 3 is 2.60 bits per heavy atom. The Hall–Kier alpha value is -3.39. The zero-order valence-electron chi connectivity index (χ0n) is 23.6. The quantitative estimate of drug-likeness (QED) is 0.298. The molecule has 2 saturated heterocycles. The Labute approximate surface area is 250 Å². The first-order valence-electron chi connectivity index (χ1n) is 14.1. The first-order chi connectivity index (χ1) is 20.3. The van der Waals surface area contributed by atoms with Gasteiger partial charge in [0.1, 0.15) is 23.2 Å². The van der Waals surface area contributed by atoms with Gasteiger partial charge in [-0.15, -0.1) is 11.3 Å². The zero-order valence-corrected chi connectivity index (χ0v) is 25.3. The molecular weight excluding hydrogens is 577 g/mol. The van der Waals surface area contributed by atoms with Crippen LogP contribution in [0.2, 0.25) is 0 Å². The molecule has 1 N–H and O–H groups in total. The number of amides is 1. The van der Waals surface area contributed by atoms with E-state index in [1.807, 2.05) is 28.3 Å². The van der Waals surface area contributed by atoms with Gasteiger partial charge in [-0.2, -0.15) is 0 Å². The van der Waals surface area contributed by atoms with Crippen LogP contribution < -0.4 is 9.80 Å². The number of aromatic nitrogens is 3. The number of fused-ring (bicyclic) bond motifs is 1. The Balaban J connectivity index is 1.17. The molecule has 222 valence electrons. The molecule has 2 unspecified atom stereocenters. The average Bonchev–Trinajstić information content (AvgIpc) is 3.75. The van der Waals surface area contributed by atoms with Crippen molar-refractivity contribution in [2.24, 2.45) is 5.92 Å². The fourth-order valence-electron chi connectivity index (χ4n) is 5.86. The molecule has 0 bridgehead atoms. The van der Waals surface area contributed by atoms with E-state index in [9.17, 15) is 17.9 Å². The van der Waals surface area contributed by atoms with E-state index in [0.717, 1.165) is 65.2 Å². The maximum Gasteiger partial charge on any atom is 0.227 e. The van der Waals surface area contributed by atoms with Gasteiger partial charge in [0.05, 0.1) is 23.0 Å². The molecule has 1 amide bonds. The third kappa shape index (κ3) is 5.78. The normalized spacial score (nSPS) is 18.6. The summed E-state index contributed by atoms with van der Waals surface area (Å²) < 4.78 is 35.8. The van der Waals surface area contributed by atoms with E-state index in [4.69, 9.17) is 9.97 Å². The van der Waals surface area contributed by atoms with Crippen LogP contribution in [-0.2, 0) is 22.3 Å². The number of anilines is 3. The second-order valence-electron chi connectivity index (χ2n) is 10.8. The lowest BCUT2D eigenvalue weighted by atomic mass is 10.1. The molecule has 0 saturated carbocycles. The molecule has 0 spiro atoms. The standard InChI is InChI=1S/C29H34FN7O3S2/c1-3-24-27(33(2)29-32-25(18-41-29)20-4-6-22(30)7-5-20)37-17-23(8-9-26(37)31-24)35-12-14-36(15-13-35)28(38)21-10-11-34(16-21)19-42(39)40/h4-9,17-18,21H,3,10-16,19H2,1-2H3,(H,39,40). The molecule has 1 aromatic carbocycles. The van der Waals surface area contributed by atoms with Gasteiger partial charge >= 0.3 is 0 Å². The Kier molecular flexibility index (Phi) is 8.26. The van der Waals surface area contributed by atoms with Crippen molar-refractivity contribution in [2.75, 3.05) is 62.0 Å². The molecule has 3 aromatic heterocycles. The highest BCUT2D eigenvalue weighted by Gasteiger charge is 2.33. The predicted octanol–water partition coefficient (Wildman–Crippen LogP) is 4.08. The molecule has 0 aliphatic carbocycles. The van der Waals surface area contributed by atoms with E-state index < -0.39 is 11.1 Å². The van der Waals surface area contributed by atoms with Crippen LogP contribution in [0.5, 0.6) is 0 Å². The number of hydrogen-bond donors (Lipinski definition) is 1. The number of carbonyl (C=O) groups excluding carboxylic acids is 1. The first kappa shape index (κ1) is 28.7. The van der Waals surface area contributed by atoms with Crippen molar-refractivity contribution < 1.29 is 17.9 Å². The topological polar surface area (TPSA) is 97.5 Å². The van der Waals surface area contributed by atoms with Crippen LogP contribution in [0.4, 0.5) is 21.0 Å². The molecule has 6 rings (SSSR count). The number of aryl methyl sites for hydroxylation is 1. The van der Waals surface area contributed by atoms with Crippen molar-refractivity contribution in [3.8, 4) is 11.3 Å². The summed E-state index contributed by atoms with van der Waals surface area (Å²) in [7, 11) is 2.00. The van der Waals surface area contributed by atoms with Crippen LogP contribution in [0, 0.1) is 11.7 Å². The summed E-state index contributed by atoms with van der Waals surface area (Å²) in [5, 5.41) is 2.80. The molecule has 2 fully saturated rings. The number of likely N-dealkylation sites (tertiary alicyclic amines) is 1. The van der Waals surface area contributed by atoms with Crippen LogP contribution in [0.3, 0.4) is 0 Å². The van der Waals surface area contributed by atoms with Gasteiger partial charge in [-0.05, 0) is 55.8 Å². The second kappa shape index (κ2) is 12.1. The van der Waals surface area contributed by atoms with Gasteiger partial charge in [-0.25, -0.2) is 18.6 Å². The van der Waals surface area contributed by atoms with Crippen molar-refractivity contribution in [3.63, 3.8) is 0 Å². The Bertz CT molecular complexity index is 1600. The van der Waals surface area contributed by atoms with Gasteiger partial charge in [0.25, 0.3) is 0 Å². The van der Waals surface area contributed by atoms with E-state index in [1.54, 1.807) is 12.1 Å². The van der Waals surface area contributed by atoms with Gasteiger partial charge in [-0.3, -0.25) is 14.1 Å². The van der Waals surface area contributed by atoms with Crippen molar-refractivity contribution in [3.05, 3.63) is 59.5 Å². The summed E-state index contributed by atoms with van der Waals surface area (Å²) >= 11 is -0.344. The number of benzene rings is 1. The smallest absolute Gasteiger partial charge is 0.227 e. The summed E-state index contributed by atoms with van der Waals surface area (Å²) in [5.41, 5.74) is 4.56. The van der Waals surface area contributed by atoms with E-state index in [2.05, 4.69) is 33.4 Å². The second-order valence-corrected chi connectivity index (χ2v) is 12.5. The van der Waals surface area contributed by atoms with E-state index >= 15 is 0 Å². The minimum Gasteiger partial charge on any atom is -0.367 e. The van der Waals surface area contributed by atoms with Crippen LogP contribution >= 0.6 is 11.3 Å². The summed E-state index contributed by atoms with van der Waals surface area (Å²) in [5.74, 6) is 0.821. The first-order valence-corrected chi connectivity index (χ1v) is 16.3. The molecule has 4 aromatic rings. The molecule has 42 heavy (non-hydrogen) atoms. The molecule has 13 heteroatoms. The summed E-state index contributed by atoms with van der Waals surface area (Å²) in [6.07, 6.45) is 3.61. The van der Waals surface area contributed by atoms with Gasteiger partial charge in [0.15, 0.2) is 16.2 Å². The number of carbonyl (C=O) groups is 1. The number of piperazine rings is 1. The highest BCUT2D eigenvalue weighted by atomic mass is 32.2. The third-order valence-corrected chi connectivity index (χ3v) is 9.59. The van der Waals surface area contributed by atoms with E-state index in [0.29, 0.717) is 26.2 Å². The van der Waals surface area contributed by atoms with Gasteiger partial charge in [-0.1, -0.05) is 6.92 Å². The third-order valence-electron chi connectivity index (χ3n) is 8.09. The minimum atomic E-state index is -1.88. The van der Waals surface area contributed by atoms with E-state index in [1.165, 1.54) is 23.5 Å². The molecule has 0 radical (unpaired) electrons. The highest BCUT2D eigenvalue weighted by Crippen LogP contribution is 2.34. The van der Waals surface area contributed by atoms with Crippen LogP contribution in [-0.4, -0.2) is 91.0 Å². The lowest BCUT2D eigenvalue weighted by Gasteiger charge is -2.37. The van der Waals surface area contributed by atoms with Crippen LogP contribution in [0.1, 0.15) is 19.0 Å². The molecule has 2 atom stereocenters. The Morgan fingerprint density at radius 1 is 1.12 bits per heavy atom.